The fraction of sp³-hybridized carbons (Fsp3) is 0.500. The van der Waals surface area contributed by atoms with E-state index >= 15 is 0 Å². The van der Waals surface area contributed by atoms with Crippen LogP contribution in [0, 0.1) is 5.92 Å². The van der Waals surface area contributed by atoms with Gasteiger partial charge in [-0.2, -0.15) is 0 Å². The fourth-order valence-electron chi connectivity index (χ4n) is 1.85. The zero-order valence-corrected chi connectivity index (χ0v) is 8.99. The van der Waals surface area contributed by atoms with E-state index in [1.807, 2.05) is 6.07 Å². The van der Waals surface area contributed by atoms with Crippen molar-refractivity contribution in [3.8, 4) is 0 Å². The fourth-order valence-corrected chi connectivity index (χ4v) is 3.13. The molecule has 2 rings (SSSR count). The summed E-state index contributed by atoms with van der Waals surface area (Å²) in [5.74, 6) is 5.67. The van der Waals surface area contributed by atoms with Crippen molar-refractivity contribution in [1.82, 2.24) is 5.43 Å². The molecule has 1 aromatic heterocycles. The molecule has 1 aromatic rings. The lowest BCUT2D eigenvalue weighted by atomic mass is 9.90. The molecule has 1 atom stereocenters. The Balaban J connectivity index is 2.27. The molecule has 4 heteroatoms. The highest BCUT2D eigenvalue weighted by Gasteiger charge is 2.20. The Hall–Kier alpha value is -0.870. The Morgan fingerprint density at radius 2 is 2.50 bits per heavy atom. The Morgan fingerprint density at radius 3 is 3.21 bits per heavy atom. The molecule has 1 amide bonds. The molecule has 3 nitrogen and oxygen atoms in total. The second kappa shape index (κ2) is 3.71. The minimum absolute atomic E-state index is 0.169. The summed E-state index contributed by atoms with van der Waals surface area (Å²) in [6.07, 6.45) is 3.44. The highest BCUT2D eigenvalue weighted by molar-refractivity contribution is 7.14. The zero-order valence-electron chi connectivity index (χ0n) is 8.17. The molecule has 0 saturated heterocycles. The van der Waals surface area contributed by atoms with Crippen LogP contribution in [0.1, 0.15) is 33.5 Å². The average molecular weight is 210 g/mol. The lowest BCUT2D eigenvalue weighted by molar-refractivity contribution is 0.0957. The van der Waals surface area contributed by atoms with Gasteiger partial charge in [0.15, 0.2) is 0 Å². The van der Waals surface area contributed by atoms with Crippen molar-refractivity contribution < 1.29 is 4.79 Å². The van der Waals surface area contributed by atoms with Gasteiger partial charge in [0.25, 0.3) is 5.91 Å². The zero-order chi connectivity index (χ0) is 10.1. The second-order valence-electron chi connectivity index (χ2n) is 3.88. The summed E-state index contributed by atoms with van der Waals surface area (Å²) >= 11 is 1.58. The molecule has 3 N–H and O–H groups in total. The van der Waals surface area contributed by atoms with Crippen LogP contribution >= 0.6 is 11.3 Å². The smallest absolute Gasteiger partial charge is 0.275 e. The Bertz CT molecular complexity index is 359. The van der Waals surface area contributed by atoms with Crippen LogP contribution in [-0.4, -0.2) is 5.91 Å². The predicted octanol–water partition coefficient (Wildman–Crippen LogP) is 1.48. The van der Waals surface area contributed by atoms with Crippen LogP contribution in [0.5, 0.6) is 0 Å². The number of hydrazine groups is 1. The van der Waals surface area contributed by atoms with Crippen LogP contribution in [0.4, 0.5) is 0 Å². The molecule has 0 bridgehead atoms. The molecule has 0 saturated carbocycles. The number of hydrogen-bond donors (Lipinski definition) is 2. The normalized spacial score (nSPS) is 20.3. The van der Waals surface area contributed by atoms with Crippen LogP contribution in [0.3, 0.4) is 0 Å². The van der Waals surface area contributed by atoms with Crippen LogP contribution in [0.2, 0.25) is 0 Å². The maximum Gasteiger partial charge on any atom is 0.275 e. The number of nitrogens with one attached hydrogen (secondary N) is 1. The number of thiophene rings is 1. The number of aryl methyl sites for hydroxylation is 1. The number of carbonyl (C=O) groups is 1. The molecule has 1 aliphatic rings. The van der Waals surface area contributed by atoms with Gasteiger partial charge in [-0.15, -0.1) is 11.3 Å². The van der Waals surface area contributed by atoms with E-state index in [-0.39, 0.29) is 5.91 Å². The van der Waals surface area contributed by atoms with Crippen LogP contribution in [0.15, 0.2) is 6.07 Å². The van der Waals surface area contributed by atoms with Gasteiger partial charge in [-0.05, 0) is 36.8 Å². The first-order valence-corrected chi connectivity index (χ1v) is 5.65. The maximum atomic E-state index is 11.3. The van der Waals surface area contributed by atoms with E-state index < -0.39 is 0 Å². The van der Waals surface area contributed by atoms with Crippen molar-refractivity contribution in [2.45, 2.75) is 26.2 Å². The molecule has 0 aliphatic heterocycles. The predicted molar refractivity (Wildman–Crippen MR) is 57.2 cm³/mol. The van der Waals surface area contributed by atoms with Gasteiger partial charge in [-0.1, -0.05) is 6.92 Å². The largest absolute Gasteiger partial charge is 0.289 e. The Kier molecular flexibility index (Phi) is 2.56. The highest BCUT2D eigenvalue weighted by atomic mass is 32.1. The van der Waals surface area contributed by atoms with E-state index in [1.54, 1.807) is 11.3 Å². The Labute approximate surface area is 87.3 Å². The number of hydrogen-bond acceptors (Lipinski definition) is 3. The minimum atomic E-state index is -0.169. The maximum absolute atomic E-state index is 11.3. The van der Waals surface area contributed by atoms with Gasteiger partial charge in [0, 0.05) is 4.88 Å². The van der Waals surface area contributed by atoms with E-state index in [4.69, 9.17) is 5.84 Å². The number of nitrogens with two attached hydrogens (primary N) is 1. The second-order valence-corrected chi connectivity index (χ2v) is 5.02. The van der Waals surface area contributed by atoms with E-state index in [1.165, 1.54) is 16.9 Å². The van der Waals surface area contributed by atoms with Gasteiger partial charge in [0.2, 0.25) is 0 Å². The van der Waals surface area contributed by atoms with E-state index in [0.717, 1.165) is 23.6 Å². The number of fused-ring (bicyclic) bond motifs is 1. The van der Waals surface area contributed by atoms with Gasteiger partial charge in [-0.25, -0.2) is 5.84 Å². The summed E-state index contributed by atoms with van der Waals surface area (Å²) in [5, 5.41) is 0. The summed E-state index contributed by atoms with van der Waals surface area (Å²) in [6, 6.07) is 1.98. The van der Waals surface area contributed by atoms with E-state index in [9.17, 15) is 4.79 Å². The first kappa shape index (κ1) is 9.68. The van der Waals surface area contributed by atoms with Gasteiger partial charge in [0.05, 0.1) is 4.88 Å². The standard InChI is InChI=1S/C10H14N2OS/c1-6-2-3-7-5-9(10(13)12-11)14-8(7)4-6/h5-6H,2-4,11H2,1H3,(H,12,13)/t6-/m1/s1. The molecule has 0 unspecified atom stereocenters. The summed E-state index contributed by atoms with van der Waals surface area (Å²) in [4.78, 5) is 13.4. The third-order valence-electron chi connectivity index (χ3n) is 2.69. The van der Waals surface area contributed by atoms with Crippen LogP contribution in [0.25, 0.3) is 0 Å². The lowest BCUT2D eigenvalue weighted by Crippen LogP contribution is -2.29. The van der Waals surface area contributed by atoms with Gasteiger partial charge in [0.1, 0.15) is 0 Å². The summed E-state index contributed by atoms with van der Waals surface area (Å²) in [6.45, 7) is 2.26. The quantitative estimate of drug-likeness (QED) is 0.419. The number of carbonyl (C=O) groups excluding carboxylic acids is 1. The highest BCUT2D eigenvalue weighted by Crippen LogP contribution is 2.32. The van der Waals surface area contributed by atoms with Crippen LogP contribution in [-0.2, 0) is 12.8 Å². The van der Waals surface area contributed by atoms with Crippen molar-refractivity contribution in [3.63, 3.8) is 0 Å². The van der Waals surface area contributed by atoms with Crippen molar-refractivity contribution in [3.05, 3.63) is 21.4 Å². The molecular weight excluding hydrogens is 196 g/mol. The topological polar surface area (TPSA) is 55.1 Å². The molecule has 1 heterocycles. The lowest BCUT2D eigenvalue weighted by Gasteiger charge is -2.16. The third-order valence-corrected chi connectivity index (χ3v) is 3.89. The van der Waals surface area contributed by atoms with Crippen molar-refractivity contribution >= 4 is 17.2 Å². The summed E-state index contributed by atoms with van der Waals surface area (Å²) in [5.41, 5.74) is 3.51. The van der Waals surface area contributed by atoms with E-state index in [0.29, 0.717) is 0 Å². The molecule has 0 fully saturated rings. The monoisotopic (exact) mass is 210 g/mol. The van der Waals surface area contributed by atoms with E-state index in [2.05, 4.69) is 12.3 Å². The molecule has 14 heavy (non-hydrogen) atoms. The number of nitrogen functional groups attached to an aromatic ring is 1. The third kappa shape index (κ3) is 1.67. The van der Waals surface area contributed by atoms with Crippen LogP contribution < -0.4 is 11.3 Å². The van der Waals surface area contributed by atoms with Gasteiger partial charge < -0.3 is 0 Å². The van der Waals surface area contributed by atoms with Crippen molar-refractivity contribution in [1.29, 1.82) is 0 Å². The molecule has 0 radical (unpaired) electrons. The van der Waals surface area contributed by atoms with Gasteiger partial charge in [-0.3, -0.25) is 10.2 Å². The molecule has 1 aliphatic carbocycles. The van der Waals surface area contributed by atoms with Crippen molar-refractivity contribution in [2.75, 3.05) is 0 Å². The van der Waals surface area contributed by atoms with Crippen molar-refractivity contribution in [2.24, 2.45) is 11.8 Å². The molecule has 76 valence electrons. The first-order valence-electron chi connectivity index (χ1n) is 4.83. The number of amides is 1. The average Bonchev–Trinajstić information content (AvgIpc) is 2.59. The Morgan fingerprint density at radius 1 is 1.71 bits per heavy atom. The molecule has 0 aromatic carbocycles. The SMILES string of the molecule is C[C@@H]1CCc2cc(C(=O)NN)sc2C1. The minimum Gasteiger partial charge on any atom is -0.289 e. The molecular formula is C10H14N2OS. The number of rotatable bonds is 1. The van der Waals surface area contributed by atoms with Gasteiger partial charge >= 0.3 is 0 Å². The molecule has 0 spiro atoms. The summed E-state index contributed by atoms with van der Waals surface area (Å²) < 4.78 is 0. The first-order chi connectivity index (χ1) is 6.70. The summed E-state index contributed by atoms with van der Waals surface area (Å²) in [7, 11) is 0.